The van der Waals surface area contributed by atoms with Crippen LogP contribution in [0.4, 0.5) is 29.1 Å². The van der Waals surface area contributed by atoms with E-state index in [1.807, 2.05) is 18.0 Å². The van der Waals surface area contributed by atoms with Crippen molar-refractivity contribution in [2.75, 3.05) is 57.0 Å². The van der Waals surface area contributed by atoms with Gasteiger partial charge in [-0.3, -0.25) is 9.69 Å². The average Bonchev–Trinajstić information content (AvgIpc) is 3.37. The van der Waals surface area contributed by atoms with Crippen molar-refractivity contribution in [3.63, 3.8) is 0 Å². The molecule has 0 atom stereocenters. The Morgan fingerprint density at radius 3 is 2.62 bits per heavy atom. The summed E-state index contributed by atoms with van der Waals surface area (Å²) in [6.07, 6.45) is -2.07. The normalized spacial score (nSPS) is 16.0. The molecule has 0 saturated carbocycles. The molecule has 1 saturated heterocycles. The molecule has 206 valence electrons. The molecule has 3 aromatic rings. The molecule has 2 aromatic carbocycles. The lowest BCUT2D eigenvalue weighted by molar-refractivity contribution is -0.138. The summed E-state index contributed by atoms with van der Waals surface area (Å²) < 4.78 is 61.4. The number of halogens is 4. The Morgan fingerprint density at radius 1 is 1.08 bits per heavy atom. The predicted molar refractivity (Wildman–Crippen MR) is 140 cm³/mol. The van der Waals surface area contributed by atoms with E-state index in [2.05, 4.69) is 20.5 Å². The van der Waals surface area contributed by atoms with Crippen LogP contribution in [0.3, 0.4) is 0 Å². The van der Waals surface area contributed by atoms with Gasteiger partial charge < -0.3 is 20.3 Å². The number of hydrogen-bond acceptors (Lipinski definition) is 6. The summed E-state index contributed by atoms with van der Waals surface area (Å²) in [5.41, 5.74) is 1.79. The van der Waals surface area contributed by atoms with Crippen molar-refractivity contribution in [1.82, 2.24) is 14.8 Å². The van der Waals surface area contributed by atoms with Gasteiger partial charge in [-0.2, -0.15) is 13.2 Å². The lowest BCUT2D eigenvalue weighted by Crippen LogP contribution is -2.44. The van der Waals surface area contributed by atoms with Gasteiger partial charge in [0.25, 0.3) is 5.91 Å². The quantitative estimate of drug-likeness (QED) is 0.424. The van der Waals surface area contributed by atoms with Gasteiger partial charge >= 0.3 is 6.18 Å². The molecule has 39 heavy (non-hydrogen) atoms. The Morgan fingerprint density at radius 2 is 1.87 bits per heavy atom. The summed E-state index contributed by atoms with van der Waals surface area (Å²) in [5, 5.41) is 5.59. The zero-order valence-corrected chi connectivity index (χ0v) is 21.4. The van der Waals surface area contributed by atoms with Crippen molar-refractivity contribution in [3.05, 3.63) is 71.2 Å². The number of nitrogens with one attached hydrogen (secondary N) is 2. The van der Waals surface area contributed by atoms with E-state index in [0.29, 0.717) is 18.7 Å². The summed E-state index contributed by atoms with van der Waals surface area (Å²) in [6, 6.07) is 10.1. The number of carbonyl (C=O) groups excluding carboxylic acids is 1. The standard InChI is InChI=1S/C28H29F4N5O2/c1-36-8-10-37(11-9-36)16-20-2-4-22(14-23(20)28(30,31)32)35-26(38)17-39-25-5-3-18(13-24(25)29)21-12-19-6-7-33-27(19)34-15-21/h2-5,12-15H,6-11,16-17H2,1H3,(H,33,34)(H,35,38). The lowest BCUT2D eigenvalue weighted by Gasteiger charge is -2.33. The van der Waals surface area contributed by atoms with Gasteiger partial charge in [-0.15, -0.1) is 0 Å². The van der Waals surface area contributed by atoms with Gasteiger partial charge in [0, 0.05) is 56.7 Å². The van der Waals surface area contributed by atoms with Gasteiger partial charge in [0.2, 0.25) is 0 Å². The van der Waals surface area contributed by atoms with E-state index in [9.17, 15) is 22.4 Å². The van der Waals surface area contributed by atoms with E-state index in [-0.39, 0.29) is 23.5 Å². The number of amides is 1. The van der Waals surface area contributed by atoms with Gasteiger partial charge in [-0.05, 0) is 60.5 Å². The van der Waals surface area contributed by atoms with Crippen LogP contribution in [0.5, 0.6) is 5.75 Å². The molecule has 0 aliphatic carbocycles. The first-order valence-corrected chi connectivity index (χ1v) is 12.7. The van der Waals surface area contributed by atoms with Crippen molar-refractivity contribution in [3.8, 4) is 16.9 Å². The van der Waals surface area contributed by atoms with E-state index >= 15 is 0 Å². The first-order valence-electron chi connectivity index (χ1n) is 12.7. The minimum Gasteiger partial charge on any atom is -0.481 e. The maximum Gasteiger partial charge on any atom is 0.416 e. The number of nitrogens with zero attached hydrogens (tertiary/aromatic N) is 3. The number of pyridine rings is 1. The molecule has 0 radical (unpaired) electrons. The Balaban J connectivity index is 1.21. The number of likely N-dealkylation sites (N-methyl/N-ethyl adjacent to an activating group) is 1. The molecule has 2 N–H and O–H groups in total. The summed E-state index contributed by atoms with van der Waals surface area (Å²) in [4.78, 5) is 20.9. The second kappa shape index (κ2) is 11.2. The van der Waals surface area contributed by atoms with Crippen LogP contribution in [0.1, 0.15) is 16.7 Å². The Hall–Kier alpha value is -3.70. The molecule has 0 spiro atoms. The summed E-state index contributed by atoms with van der Waals surface area (Å²) in [7, 11) is 1.98. The number of aromatic nitrogens is 1. The predicted octanol–water partition coefficient (Wildman–Crippen LogP) is 4.64. The van der Waals surface area contributed by atoms with Crippen LogP contribution in [0.2, 0.25) is 0 Å². The molecule has 1 aromatic heterocycles. The second-order valence-corrected chi connectivity index (χ2v) is 9.84. The lowest BCUT2D eigenvalue weighted by atomic mass is 10.0. The summed E-state index contributed by atoms with van der Waals surface area (Å²) in [6.45, 7) is 3.38. The van der Waals surface area contributed by atoms with E-state index < -0.39 is 30.1 Å². The van der Waals surface area contributed by atoms with Crippen LogP contribution in [0, 0.1) is 5.82 Å². The SMILES string of the molecule is CN1CCN(Cc2ccc(NC(=O)COc3ccc(-c4cnc5c(c4)CCN5)cc3F)cc2C(F)(F)F)CC1. The Bertz CT molecular complexity index is 1360. The van der Waals surface area contributed by atoms with Gasteiger partial charge in [0.15, 0.2) is 18.2 Å². The van der Waals surface area contributed by atoms with E-state index in [4.69, 9.17) is 4.74 Å². The highest BCUT2D eigenvalue weighted by molar-refractivity contribution is 5.92. The summed E-state index contributed by atoms with van der Waals surface area (Å²) in [5.74, 6) is -0.666. The van der Waals surface area contributed by atoms with Gasteiger partial charge in [0.05, 0.1) is 5.56 Å². The molecule has 7 nitrogen and oxygen atoms in total. The zero-order valence-electron chi connectivity index (χ0n) is 21.4. The number of hydrogen-bond donors (Lipinski definition) is 2. The van der Waals surface area contributed by atoms with E-state index in [0.717, 1.165) is 49.1 Å². The smallest absolute Gasteiger partial charge is 0.416 e. The van der Waals surface area contributed by atoms with E-state index in [1.54, 1.807) is 12.3 Å². The summed E-state index contributed by atoms with van der Waals surface area (Å²) >= 11 is 0. The number of rotatable bonds is 7. The van der Waals surface area contributed by atoms with Crippen molar-refractivity contribution in [1.29, 1.82) is 0 Å². The number of ether oxygens (including phenoxy) is 1. The molecule has 11 heteroatoms. The highest BCUT2D eigenvalue weighted by Gasteiger charge is 2.34. The molecule has 0 bridgehead atoms. The second-order valence-electron chi connectivity index (χ2n) is 9.84. The number of alkyl halides is 3. The largest absolute Gasteiger partial charge is 0.481 e. The molecule has 2 aliphatic rings. The minimum absolute atomic E-state index is 0.00697. The highest BCUT2D eigenvalue weighted by atomic mass is 19.4. The van der Waals surface area contributed by atoms with Crippen molar-refractivity contribution < 1.29 is 27.1 Å². The molecule has 3 heterocycles. The number of anilines is 2. The van der Waals surface area contributed by atoms with Crippen LogP contribution in [-0.2, 0) is 23.9 Å². The Labute approximate surface area is 223 Å². The fourth-order valence-electron chi connectivity index (χ4n) is 4.77. The van der Waals surface area contributed by atoms with Gasteiger partial charge in [-0.25, -0.2) is 9.37 Å². The van der Waals surface area contributed by atoms with Crippen LogP contribution in [0.15, 0.2) is 48.7 Å². The third-order valence-electron chi connectivity index (χ3n) is 6.97. The van der Waals surface area contributed by atoms with Gasteiger partial charge in [0.1, 0.15) is 5.82 Å². The molecular weight excluding hydrogens is 514 g/mol. The molecule has 0 unspecified atom stereocenters. The molecule has 1 amide bonds. The molecular formula is C28H29F4N5O2. The first kappa shape index (κ1) is 26.9. The fourth-order valence-corrected chi connectivity index (χ4v) is 4.77. The fraction of sp³-hybridized carbons (Fsp3) is 0.357. The maximum atomic E-state index is 14.7. The third-order valence-corrected chi connectivity index (χ3v) is 6.97. The van der Waals surface area contributed by atoms with Crippen LogP contribution in [0.25, 0.3) is 11.1 Å². The number of fused-ring (bicyclic) bond motifs is 1. The number of benzene rings is 2. The third kappa shape index (κ3) is 6.48. The number of carbonyl (C=O) groups is 1. The molecule has 1 fully saturated rings. The molecule has 5 rings (SSSR count). The van der Waals surface area contributed by atoms with Crippen molar-refractivity contribution in [2.24, 2.45) is 0 Å². The average molecular weight is 544 g/mol. The Kier molecular flexibility index (Phi) is 7.72. The zero-order chi connectivity index (χ0) is 27.6. The van der Waals surface area contributed by atoms with E-state index in [1.165, 1.54) is 24.3 Å². The minimum atomic E-state index is -4.57. The van der Waals surface area contributed by atoms with Crippen LogP contribution in [-0.4, -0.2) is 67.1 Å². The highest BCUT2D eigenvalue weighted by Crippen LogP contribution is 2.35. The molecule has 2 aliphatic heterocycles. The topological polar surface area (TPSA) is 69.7 Å². The van der Waals surface area contributed by atoms with Gasteiger partial charge in [-0.1, -0.05) is 12.1 Å². The maximum absolute atomic E-state index is 14.7. The monoisotopic (exact) mass is 543 g/mol. The van der Waals surface area contributed by atoms with Crippen LogP contribution >= 0.6 is 0 Å². The van der Waals surface area contributed by atoms with Crippen LogP contribution < -0.4 is 15.4 Å². The van der Waals surface area contributed by atoms with Crippen molar-refractivity contribution in [2.45, 2.75) is 19.1 Å². The first-order chi connectivity index (χ1) is 18.7. The van der Waals surface area contributed by atoms with Crippen molar-refractivity contribution >= 4 is 17.4 Å². The number of piperazine rings is 1.